The summed E-state index contributed by atoms with van der Waals surface area (Å²) in [5.74, 6) is 0.157. The minimum Gasteiger partial charge on any atom is -0.395 e. The molecule has 0 bridgehead atoms. The number of pyridine rings is 1. The highest BCUT2D eigenvalue weighted by Crippen LogP contribution is 2.52. The summed E-state index contributed by atoms with van der Waals surface area (Å²) in [5, 5.41) is 4.80. The fourth-order valence-corrected chi connectivity index (χ4v) is 3.41. The van der Waals surface area contributed by atoms with Gasteiger partial charge in [-0.2, -0.15) is 0 Å². The number of fused-ring (bicyclic) bond motifs is 2. The lowest BCUT2D eigenvalue weighted by Gasteiger charge is -2.16. The molecule has 136 valence electrons. The van der Waals surface area contributed by atoms with Crippen molar-refractivity contribution in [3.8, 4) is 11.5 Å². The summed E-state index contributed by atoms with van der Waals surface area (Å²) in [6.07, 6.45) is -0.715. The monoisotopic (exact) mass is 368 g/mol. The number of nitrogens with one attached hydrogen (secondary N) is 1. The molecule has 1 aliphatic carbocycles. The molecular weight excluding hydrogens is 354 g/mol. The van der Waals surface area contributed by atoms with Crippen molar-refractivity contribution in [3.63, 3.8) is 0 Å². The van der Waals surface area contributed by atoms with Crippen molar-refractivity contribution in [3.05, 3.63) is 60.3 Å². The number of amides is 1. The van der Waals surface area contributed by atoms with Gasteiger partial charge in [-0.05, 0) is 42.0 Å². The van der Waals surface area contributed by atoms with E-state index in [1.54, 1.807) is 12.3 Å². The number of hydrogen-bond donors (Lipinski definition) is 1. The van der Waals surface area contributed by atoms with Gasteiger partial charge in [0.25, 0.3) is 0 Å². The number of carbonyl (C=O) groups excluding carboxylic acids is 1. The van der Waals surface area contributed by atoms with Crippen LogP contribution < -0.4 is 14.8 Å². The fourth-order valence-electron chi connectivity index (χ4n) is 3.41. The predicted octanol–water partition coefficient (Wildman–Crippen LogP) is 4.23. The van der Waals surface area contributed by atoms with Crippen molar-refractivity contribution >= 4 is 22.5 Å². The van der Waals surface area contributed by atoms with Crippen LogP contribution in [-0.4, -0.2) is 17.2 Å². The molecule has 0 radical (unpaired) electrons. The Morgan fingerprint density at radius 1 is 1.00 bits per heavy atom. The molecule has 2 aromatic carbocycles. The van der Waals surface area contributed by atoms with Crippen LogP contribution in [0.4, 0.5) is 14.6 Å². The molecule has 0 atom stereocenters. The van der Waals surface area contributed by atoms with Crippen molar-refractivity contribution in [1.29, 1.82) is 0 Å². The molecule has 7 heteroatoms. The van der Waals surface area contributed by atoms with Gasteiger partial charge in [0.15, 0.2) is 11.5 Å². The van der Waals surface area contributed by atoms with E-state index in [1.807, 2.05) is 30.3 Å². The number of rotatable bonds is 3. The Balaban J connectivity index is 1.41. The number of ether oxygens (including phenoxy) is 2. The van der Waals surface area contributed by atoms with Crippen LogP contribution in [0.5, 0.6) is 11.5 Å². The van der Waals surface area contributed by atoms with Crippen LogP contribution >= 0.6 is 0 Å². The van der Waals surface area contributed by atoms with Crippen LogP contribution in [0.25, 0.3) is 10.8 Å². The van der Waals surface area contributed by atoms with E-state index in [0.29, 0.717) is 24.2 Å². The molecule has 2 aliphatic rings. The second-order valence-electron chi connectivity index (χ2n) is 6.78. The summed E-state index contributed by atoms with van der Waals surface area (Å²) < 4.78 is 35.4. The second kappa shape index (κ2) is 5.39. The molecule has 0 unspecified atom stereocenters. The maximum absolute atomic E-state index is 13.2. The number of halogens is 2. The highest BCUT2D eigenvalue weighted by atomic mass is 19.3. The molecule has 1 aliphatic heterocycles. The molecule has 1 N–H and O–H groups in total. The first-order valence-corrected chi connectivity index (χ1v) is 8.52. The summed E-state index contributed by atoms with van der Waals surface area (Å²) in [7, 11) is 0. The molecule has 5 nitrogen and oxygen atoms in total. The second-order valence-corrected chi connectivity index (χ2v) is 6.78. The average Bonchev–Trinajstić information content (AvgIpc) is 3.39. The number of benzene rings is 2. The number of alkyl halides is 2. The predicted molar refractivity (Wildman–Crippen MR) is 93.9 cm³/mol. The molecule has 2 heterocycles. The molecule has 3 aromatic rings. The van der Waals surface area contributed by atoms with Crippen molar-refractivity contribution in [2.45, 2.75) is 24.6 Å². The number of hydrogen-bond acceptors (Lipinski definition) is 4. The van der Waals surface area contributed by atoms with E-state index in [0.717, 1.165) is 10.8 Å². The van der Waals surface area contributed by atoms with Gasteiger partial charge in [-0.1, -0.05) is 30.3 Å². The standard InChI is InChI=1S/C20H14F2N2O3/c21-20(22)26-15-6-5-14(10-16(15)27-20)19(7-8-19)18(25)24-17-9-12-3-1-2-4-13(12)11-23-17/h1-6,9-11H,7-8H2,(H,23,24,25). The number of aromatic nitrogens is 1. The molecule has 1 saturated carbocycles. The first-order chi connectivity index (χ1) is 13.0. The van der Waals surface area contributed by atoms with Crippen LogP contribution in [0, 0.1) is 0 Å². The minimum absolute atomic E-state index is 0.0313. The number of carbonyl (C=O) groups is 1. The SMILES string of the molecule is O=C(Nc1cc2ccccc2cn1)C1(c2ccc3c(c2)OC(F)(F)O3)CC1. The Morgan fingerprint density at radius 2 is 1.74 bits per heavy atom. The maximum atomic E-state index is 13.2. The van der Waals surface area contributed by atoms with Crippen LogP contribution in [0.2, 0.25) is 0 Å². The molecule has 1 amide bonds. The van der Waals surface area contributed by atoms with Gasteiger partial charge in [0, 0.05) is 11.6 Å². The summed E-state index contributed by atoms with van der Waals surface area (Å²) in [4.78, 5) is 17.2. The summed E-state index contributed by atoms with van der Waals surface area (Å²) in [5.41, 5.74) is -0.135. The average molecular weight is 368 g/mol. The normalized spacial score (nSPS) is 18.3. The molecule has 1 fully saturated rings. The van der Waals surface area contributed by atoms with Gasteiger partial charge >= 0.3 is 6.29 Å². The van der Waals surface area contributed by atoms with Crippen LogP contribution in [0.3, 0.4) is 0 Å². The van der Waals surface area contributed by atoms with Crippen LogP contribution in [0.1, 0.15) is 18.4 Å². The summed E-state index contributed by atoms with van der Waals surface area (Å²) in [6, 6.07) is 14.0. The lowest BCUT2D eigenvalue weighted by Crippen LogP contribution is -2.28. The van der Waals surface area contributed by atoms with Gasteiger partial charge < -0.3 is 14.8 Å². The van der Waals surface area contributed by atoms with Crippen molar-refractivity contribution < 1.29 is 23.0 Å². The third-order valence-electron chi connectivity index (χ3n) is 5.01. The van der Waals surface area contributed by atoms with Gasteiger partial charge in [-0.3, -0.25) is 4.79 Å². The van der Waals surface area contributed by atoms with Crippen molar-refractivity contribution in [2.24, 2.45) is 0 Å². The molecule has 5 rings (SSSR count). The Labute approximate surface area is 152 Å². The van der Waals surface area contributed by atoms with Crippen molar-refractivity contribution in [2.75, 3.05) is 5.32 Å². The molecule has 0 spiro atoms. The van der Waals surface area contributed by atoms with Gasteiger partial charge in [-0.25, -0.2) is 4.98 Å². The van der Waals surface area contributed by atoms with E-state index in [1.165, 1.54) is 12.1 Å². The molecule has 1 aromatic heterocycles. The Kier molecular flexibility index (Phi) is 3.19. The van der Waals surface area contributed by atoms with E-state index in [4.69, 9.17) is 0 Å². The summed E-state index contributed by atoms with van der Waals surface area (Å²) >= 11 is 0. The Bertz CT molecular complexity index is 1080. The van der Waals surface area contributed by atoms with Crippen LogP contribution in [0.15, 0.2) is 54.7 Å². The first kappa shape index (κ1) is 16.0. The highest BCUT2D eigenvalue weighted by Gasteiger charge is 2.52. The Morgan fingerprint density at radius 3 is 2.52 bits per heavy atom. The van der Waals surface area contributed by atoms with Crippen molar-refractivity contribution in [1.82, 2.24) is 4.98 Å². The quantitative estimate of drug-likeness (QED) is 0.752. The van der Waals surface area contributed by atoms with E-state index in [9.17, 15) is 13.6 Å². The van der Waals surface area contributed by atoms with Gasteiger partial charge in [-0.15, -0.1) is 8.78 Å². The van der Waals surface area contributed by atoms with Crippen LogP contribution in [-0.2, 0) is 10.2 Å². The molecule has 27 heavy (non-hydrogen) atoms. The summed E-state index contributed by atoms with van der Waals surface area (Å²) in [6.45, 7) is 0. The topological polar surface area (TPSA) is 60.5 Å². The van der Waals surface area contributed by atoms with E-state index in [-0.39, 0.29) is 17.4 Å². The Hall–Kier alpha value is -3.22. The highest BCUT2D eigenvalue weighted by molar-refractivity contribution is 6.01. The fraction of sp³-hybridized carbons (Fsp3) is 0.200. The molecular formula is C20H14F2N2O3. The van der Waals surface area contributed by atoms with E-state index >= 15 is 0 Å². The lowest BCUT2D eigenvalue weighted by molar-refractivity contribution is -0.286. The number of anilines is 1. The van der Waals surface area contributed by atoms with Gasteiger partial charge in [0.2, 0.25) is 5.91 Å². The number of nitrogens with zero attached hydrogens (tertiary/aromatic N) is 1. The zero-order valence-corrected chi connectivity index (χ0v) is 14.0. The minimum atomic E-state index is -3.67. The van der Waals surface area contributed by atoms with E-state index in [2.05, 4.69) is 19.8 Å². The third-order valence-corrected chi connectivity index (χ3v) is 5.01. The smallest absolute Gasteiger partial charge is 0.395 e. The third kappa shape index (κ3) is 2.66. The maximum Gasteiger partial charge on any atom is 0.586 e. The largest absolute Gasteiger partial charge is 0.586 e. The molecule has 0 saturated heterocycles. The zero-order chi connectivity index (χ0) is 18.6. The lowest BCUT2D eigenvalue weighted by atomic mass is 9.94. The van der Waals surface area contributed by atoms with Gasteiger partial charge in [0.05, 0.1) is 5.41 Å². The zero-order valence-electron chi connectivity index (χ0n) is 14.0. The first-order valence-electron chi connectivity index (χ1n) is 8.52. The van der Waals surface area contributed by atoms with Gasteiger partial charge in [0.1, 0.15) is 5.82 Å². The van der Waals surface area contributed by atoms with E-state index < -0.39 is 11.7 Å².